The van der Waals surface area contributed by atoms with Gasteiger partial charge in [-0.15, -0.1) is 0 Å². The molecule has 0 unspecified atom stereocenters. The summed E-state index contributed by atoms with van der Waals surface area (Å²) in [4.78, 5) is 11.9. The third kappa shape index (κ3) is 3.03. The number of benzene rings is 1. The van der Waals surface area contributed by atoms with Crippen LogP contribution in [0.2, 0.25) is 0 Å². The van der Waals surface area contributed by atoms with Gasteiger partial charge in [0, 0.05) is 35.4 Å². The number of Topliss-reactive ketones (excluding diaryl/α,β-unsaturated/α-hetero) is 1. The molecule has 0 aliphatic rings. The zero-order chi connectivity index (χ0) is 12.3. The summed E-state index contributed by atoms with van der Waals surface area (Å²) in [7, 11) is 1.89. The number of carbonyl (C=O) groups excluding carboxylic acids is 1. The zero-order valence-corrected chi connectivity index (χ0v) is 11.1. The van der Waals surface area contributed by atoms with E-state index in [1.807, 2.05) is 37.4 Å². The molecule has 1 aromatic heterocycles. The topological polar surface area (TPSA) is 34.9 Å². The fraction of sp³-hybridized carbons (Fsp3) is 0.231. The van der Waals surface area contributed by atoms with Gasteiger partial charge in [-0.05, 0) is 24.6 Å². The van der Waals surface area contributed by atoms with Crippen molar-refractivity contribution in [3.8, 4) is 0 Å². The molecule has 0 aliphatic carbocycles. The second kappa shape index (κ2) is 5.27. The number of rotatable bonds is 4. The molecular weight excluding hydrogens is 280 g/mol. The lowest BCUT2D eigenvalue weighted by molar-refractivity contribution is 0.0982. The van der Waals surface area contributed by atoms with Crippen LogP contribution in [0, 0.1) is 0 Å². The van der Waals surface area contributed by atoms with E-state index in [0.717, 1.165) is 22.2 Å². The summed E-state index contributed by atoms with van der Waals surface area (Å²) in [5, 5.41) is 4.08. The molecule has 1 aromatic carbocycles. The summed E-state index contributed by atoms with van der Waals surface area (Å²) in [5.74, 6) is 0.165. The molecule has 2 aromatic rings. The lowest BCUT2D eigenvalue weighted by atomic mass is 10.1. The number of ketones is 1. The number of aryl methyl sites for hydroxylation is 2. The van der Waals surface area contributed by atoms with Crippen molar-refractivity contribution in [2.24, 2.45) is 7.05 Å². The van der Waals surface area contributed by atoms with E-state index in [-0.39, 0.29) is 5.78 Å². The van der Waals surface area contributed by atoms with Crippen LogP contribution in [0.5, 0.6) is 0 Å². The molecule has 2 rings (SSSR count). The average Bonchev–Trinajstić information content (AvgIpc) is 2.73. The predicted octanol–water partition coefficient (Wildman–Crippen LogP) is 3.00. The van der Waals surface area contributed by atoms with Gasteiger partial charge in [-0.1, -0.05) is 28.1 Å². The highest BCUT2D eigenvalue weighted by Crippen LogP contribution is 2.13. The van der Waals surface area contributed by atoms with Crippen molar-refractivity contribution in [1.29, 1.82) is 0 Å². The number of hydrogen-bond donors (Lipinski definition) is 0. The van der Waals surface area contributed by atoms with Crippen molar-refractivity contribution in [3.63, 3.8) is 0 Å². The van der Waals surface area contributed by atoms with Gasteiger partial charge in [-0.25, -0.2) is 0 Å². The molecule has 0 radical (unpaired) electrons. The Labute approximate surface area is 109 Å². The second-order valence-electron chi connectivity index (χ2n) is 3.88. The molecule has 0 fully saturated rings. The first-order valence-electron chi connectivity index (χ1n) is 5.42. The van der Waals surface area contributed by atoms with E-state index in [0.29, 0.717) is 6.42 Å². The van der Waals surface area contributed by atoms with E-state index in [1.54, 1.807) is 10.9 Å². The van der Waals surface area contributed by atoms with Gasteiger partial charge in [0.1, 0.15) is 0 Å². The SMILES string of the molecule is Cn1nccc1CCC(=O)c1ccc(Br)cc1. The first-order valence-corrected chi connectivity index (χ1v) is 6.22. The minimum Gasteiger partial charge on any atom is -0.294 e. The van der Waals surface area contributed by atoms with E-state index in [4.69, 9.17) is 0 Å². The molecule has 0 atom stereocenters. The number of nitrogens with zero attached hydrogens (tertiary/aromatic N) is 2. The second-order valence-corrected chi connectivity index (χ2v) is 4.79. The van der Waals surface area contributed by atoms with Crippen molar-refractivity contribution in [3.05, 3.63) is 52.3 Å². The summed E-state index contributed by atoms with van der Waals surface area (Å²) < 4.78 is 2.79. The number of hydrogen-bond acceptors (Lipinski definition) is 2. The fourth-order valence-electron chi connectivity index (χ4n) is 1.67. The Morgan fingerprint density at radius 2 is 2.00 bits per heavy atom. The zero-order valence-electron chi connectivity index (χ0n) is 9.56. The Kier molecular flexibility index (Phi) is 3.74. The minimum atomic E-state index is 0.165. The highest BCUT2D eigenvalue weighted by molar-refractivity contribution is 9.10. The van der Waals surface area contributed by atoms with Gasteiger partial charge in [-0.3, -0.25) is 9.48 Å². The van der Waals surface area contributed by atoms with Crippen molar-refractivity contribution in [1.82, 2.24) is 9.78 Å². The normalized spacial score (nSPS) is 10.5. The molecule has 0 amide bonds. The van der Waals surface area contributed by atoms with Gasteiger partial charge in [0.2, 0.25) is 0 Å². The van der Waals surface area contributed by atoms with Gasteiger partial charge in [0.05, 0.1) is 0 Å². The maximum atomic E-state index is 11.9. The maximum Gasteiger partial charge on any atom is 0.163 e. The van der Waals surface area contributed by atoms with Crippen LogP contribution in [0.3, 0.4) is 0 Å². The third-order valence-corrected chi connectivity index (χ3v) is 3.23. The van der Waals surface area contributed by atoms with Crippen molar-refractivity contribution >= 4 is 21.7 Å². The van der Waals surface area contributed by atoms with E-state index >= 15 is 0 Å². The molecule has 3 nitrogen and oxygen atoms in total. The van der Waals surface area contributed by atoms with Crippen molar-refractivity contribution in [2.45, 2.75) is 12.8 Å². The lowest BCUT2D eigenvalue weighted by Crippen LogP contribution is -2.04. The van der Waals surface area contributed by atoms with Crippen LogP contribution in [0.15, 0.2) is 41.0 Å². The van der Waals surface area contributed by atoms with E-state index < -0.39 is 0 Å². The summed E-state index contributed by atoms with van der Waals surface area (Å²) in [6.07, 6.45) is 2.99. The largest absolute Gasteiger partial charge is 0.294 e. The molecule has 0 saturated carbocycles. The molecule has 88 valence electrons. The molecule has 0 aliphatic heterocycles. The van der Waals surface area contributed by atoms with Gasteiger partial charge in [0.15, 0.2) is 5.78 Å². The predicted molar refractivity (Wildman–Crippen MR) is 70.0 cm³/mol. The summed E-state index contributed by atoms with van der Waals surface area (Å²) >= 11 is 3.35. The number of carbonyl (C=O) groups is 1. The molecule has 0 spiro atoms. The van der Waals surface area contributed by atoms with Crippen molar-refractivity contribution in [2.75, 3.05) is 0 Å². The monoisotopic (exact) mass is 292 g/mol. The van der Waals surface area contributed by atoms with Gasteiger partial charge in [0.25, 0.3) is 0 Å². The van der Waals surface area contributed by atoms with Crippen LogP contribution < -0.4 is 0 Å². The molecular formula is C13H13BrN2O. The minimum absolute atomic E-state index is 0.165. The number of halogens is 1. The summed E-state index contributed by atoms with van der Waals surface area (Å²) in [6, 6.07) is 9.40. The third-order valence-electron chi connectivity index (χ3n) is 2.70. The van der Waals surface area contributed by atoms with Gasteiger partial charge >= 0.3 is 0 Å². The van der Waals surface area contributed by atoms with Crippen LogP contribution in [0.4, 0.5) is 0 Å². The van der Waals surface area contributed by atoms with Crippen LogP contribution in [-0.2, 0) is 13.5 Å². The Morgan fingerprint density at radius 1 is 1.29 bits per heavy atom. The van der Waals surface area contributed by atoms with Gasteiger partial charge in [-0.2, -0.15) is 5.10 Å². The van der Waals surface area contributed by atoms with Crippen LogP contribution in [0.25, 0.3) is 0 Å². The van der Waals surface area contributed by atoms with E-state index in [1.165, 1.54) is 0 Å². The first kappa shape index (κ1) is 12.0. The maximum absolute atomic E-state index is 11.9. The molecule has 1 heterocycles. The molecule has 0 bridgehead atoms. The number of aromatic nitrogens is 2. The smallest absolute Gasteiger partial charge is 0.163 e. The fourth-order valence-corrected chi connectivity index (χ4v) is 1.93. The van der Waals surface area contributed by atoms with E-state index in [2.05, 4.69) is 21.0 Å². The van der Waals surface area contributed by atoms with Crippen LogP contribution in [-0.4, -0.2) is 15.6 Å². The highest BCUT2D eigenvalue weighted by atomic mass is 79.9. The van der Waals surface area contributed by atoms with Gasteiger partial charge < -0.3 is 0 Å². The summed E-state index contributed by atoms with van der Waals surface area (Å²) in [6.45, 7) is 0. The Balaban J connectivity index is 1.98. The molecule has 17 heavy (non-hydrogen) atoms. The first-order chi connectivity index (χ1) is 8.16. The van der Waals surface area contributed by atoms with Crippen LogP contribution in [0.1, 0.15) is 22.5 Å². The average molecular weight is 293 g/mol. The summed E-state index contributed by atoms with van der Waals surface area (Å²) in [5.41, 5.74) is 1.84. The van der Waals surface area contributed by atoms with Crippen LogP contribution >= 0.6 is 15.9 Å². The van der Waals surface area contributed by atoms with E-state index in [9.17, 15) is 4.79 Å². The van der Waals surface area contributed by atoms with Crippen molar-refractivity contribution < 1.29 is 4.79 Å². The Bertz CT molecular complexity index is 516. The quantitative estimate of drug-likeness (QED) is 0.812. The Morgan fingerprint density at radius 3 is 2.59 bits per heavy atom. The highest BCUT2D eigenvalue weighted by Gasteiger charge is 2.07. The molecule has 0 saturated heterocycles. The molecule has 0 N–H and O–H groups in total. The Hall–Kier alpha value is -1.42. The lowest BCUT2D eigenvalue weighted by Gasteiger charge is -2.02. The molecule has 4 heteroatoms. The standard InChI is InChI=1S/C13H13BrN2O/c1-16-12(8-9-15-16)6-7-13(17)10-2-4-11(14)5-3-10/h2-5,8-9H,6-7H2,1H3.